The summed E-state index contributed by atoms with van der Waals surface area (Å²) < 4.78 is 4.83. The number of imidazole rings is 1. The molecule has 0 aliphatic carbocycles. The summed E-state index contributed by atoms with van der Waals surface area (Å²) in [6, 6.07) is 0. The van der Waals surface area contributed by atoms with Gasteiger partial charge in [0, 0.05) is 24.4 Å². The highest BCUT2D eigenvalue weighted by molar-refractivity contribution is 7.78. The number of rotatable bonds is 9. The van der Waals surface area contributed by atoms with Crippen LogP contribution in [0, 0.1) is 5.92 Å². The minimum Gasteiger partial charge on any atom is -0.481 e. The molecule has 24 heavy (non-hydrogen) atoms. The van der Waals surface area contributed by atoms with Gasteiger partial charge in [-0.2, -0.15) is 0 Å². The van der Waals surface area contributed by atoms with Crippen LogP contribution in [-0.2, 0) is 17.6 Å². The molecule has 0 aromatic carbocycles. The van der Waals surface area contributed by atoms with Gasteiger partial charge in [0.25, 0.3) is 0 Å². The molecule has 0 amide bonds. The smallest absolute Gasteiger partial charge is 0.306 e. The van der Waals surface area contributed by atoms with E-state index in [0.29, 0.717) is 19.4 Å². The third-order valence-electron chi connectivity index (χ3n) is 4.37. The van der Waals surface area contributed by atoms with E-state index in [0.717, 1.165) is 36.3 Å². The molecule has 2 rings (SSSR count). The van der Waals surface area contributed by atoms with Crippen molar-refractivity contribution in [2.45, 2.75) is 39.0 Å². The molecular formula is C18H25N3O2S. The third kappa shape index (κ3) is 4.19. The number of carbonyl (C=O) groups is 1. The van der Waals surface area contributed by atoms with E-state index >= 15 is 0 Å². The van der Waals surface area contributed by atoms with Crippen LogP contribution in [0.15, 0.2) is 36.7 Å². The lowest BCUT2D eigenvalue weighted by Crippen LogP contribution is -2.19. The predicted molar refractivity (Wildman–Crippen MR) is 99.8 cm³/mol. The third-order valence-corrected chi connectivity index (χ3v) is 4.60. The van der Waals surface area contributed by atoms with E-state index in [2.05, 4.69) is 39.7 Å². The lowest BCUT2D eigenvalue weighted by molar-refractivity contribution is -0.142. The van der Waals surface area contributed by atoms with Crippen molar-refractivity contribution < 1.29 is 9.90 Å². The zero-order chi connectivity index (χ0) is 17.5. The zero-order valence-electron chi connectivity index (χ0n) is 14.0. The van der Waals surface area contributed by atoms with E-state index in [1.807, 2.05) is 19.1 Å². The van der Waals surface area contributed by atoms with Crippen LogP contribution in [0.3, 0.4) is 0 Å². The molecule has 5 nitrogen and oxygen atoms in total. The Balaban J connectivity index is 2.24. The predicted octanol–water partition coefficient (Wildman–Crippen LogP) is 3.26. The molecule has 6 heteroatoms. The quantitative estimate of drug-likeness (QED) is 0.474. The fraction of sp³-hybridized carbons (Fsp3) is 0.444. The molecule has 2 heterocycles. The first kappa shape index (κ1) is 18.5. The monoisotopic (exact) mass is 347 g/mol. The molecule has 1 aromatic rings. The maximum atomic E-state index is 11.5. The van der Waals surface area contributed by atoms with Crippen molar-refractivity contribution in [2.75, 3.05) is 6.54 Å². The molecule has 0 saturated carbocycles. The van der Waals surface area contributed by atoms with Crippen molar-refractivity contribution >= 4 is 24.5 Å². The Bertz CT molecular complexity index is 661. The van der Waals surface area contributed by atoms with Crippen molar-refractivity contribution in [2.24, 2.45) is 5.92 Å². The van der Waals surface area contributed by atoms with Crippen LogP contribution < -0.4 is 4.72 Å². The standard InChI is InChI=1S/C18H25N3O2S/c1-3-6-16-13(4-2)8-9-17-15(19-12-21(16)17)11-14(18(22)23)7-5-10-20-24/h3-4,6,12,14,20,24H,2,5,7-11H2,1H3,(H,22,23)/b6-3-. The topological polar surface area (TPSA) is 67.2 Å². The first-order valence-corrected chi connectivity index (χ1v) is 8.70. The maximum Gasteiger partial charge on any atom is 0.306 e. The van der Waals surface area contributed by atoms with Crippen molar-refractivity contribution in [1.82, 2.24) is 14.3 Å². The lowest BCUT2D eigenvalue weighted by Gasteiger charge is -2.20. The molecule has 1 aromatic heterocycles. The van der Waals surface area contributed by atoms with E-state index < -0.39 is 11.9 Å². The molecular weight excluding hydrogens is 322 g/mol. The van der Waals surface area contributed by atoms with Gasteiger partial charge in [-0.3, -0.25) is 9.52 Å². The molecule has 130 valence electrons. The molecule has 2 N–H and O–H groups in total. The number of nitrogens with one attached hydrogen (secondary N) is 1. The van der Waals surface area contributed by atoms with Crippen molar-refractivity contribution in [3.63, 3.8) is 0 Å². The zero-order valence-corrected chi connectivity index (χ0v) is 14.9. The summed E-state index contributed by atoms with van der Waals surface area (Å²) in [7, 11) is 0. The van der Waals surface area contributed by atoms with Crippen LogP contribution in [0.2, 0.25) is 0 Å². The maximum absolute atomic E-state index is 11.5. The molecule has 1 aliphatic heterocycles. The molecule has 1 aliphatic rings. The highest BCUT2D eigenvalue weighted by atomic mass is 32.1. The lowest BCUT2D eigenvalue weighted by atomic mass is 9.94. The average Bonchev–Trinajstić information content (AvgIpc) is 2.98. The van der Waals surface area contributed by atoms with Gasteiger partial charge in [-0.15, -0.1) is 0 Å². The molecule has 0 bridgehead atoms. The van der Waals surface area contributed by atoms with Crippen LogP contribution in [0.4, 0.5) is 0 Å². The molecule has 0 fully saturated rings. The second-order valence-electron chi connectivity index (χ2n) is 5.91. The Hall–Kier alpha value is -1.79. The summed E-state index contributed by atoms with van der Waals surface area (Å²) >= 11 is 3.94. The van der Waals surface area contributed by atoms with Gasteiger partial charge in [-0.1, -0.05) is 31.5 Å². The van der Waals surface area contributed by atoms with Crippen LogP contribution in [0.5, 0.6) is 0 Å². The molecule has 0 saturated heterocycles. The van der Waals surface area contributed by atoms with E-state index in [1.54, 1.807) is 6.33 Å². The largest absolute Gasteiger partial charge is 0.481 e. The number of hydrogen-bond acceptors (Lipinski definition) is 4. The fourth-order valence-corrected chi connectivity index (χ4v) is 3.27. The highest BCUT2D eigenvalue weighted by Crippen LogP contribution is 2.30. The first-order chi connectivity index (χ1) is 11.6. The van der Waals surface area contributed by atoms with Gasteiger partial charge in [0.1, 0.15) is 0 Å². The van der Waals surface area contributed by atoms with Crippen molar-refractivity contribution in [3.8, 4) is 0 Å². The van der Waals surface area contributed by atoms with Gasteiger partial charge in [-0.05, 0) is 44.3 Å². The molecule has 1 atom stereocenters. The van der Waals surface area contributed by atoms with Gasteiger partial charge in [0.05, 0.1) is 17.9 Å². The molecule has 0 radical (unpaired) electrons. The van der Waals surface area contributed by atoms with Gasteiger partial charge < -0.3 is 9.67 Å². The van der Waals surface area contributed by atoms with Gasteiger partial charge in [0.15, 0.2) is 0 Å². The second kappa shape index (κ2) is 8.89. The number of aliphatic carboxylic acids is 1. The Morgan fingerprint density at radius 1 is 1.58 bits per heavy atom. The number of carboxylic acids is 1. The Kier molecular flexibility index (Phi) is 6.87. The van der Waals surface area contributed by atoms with E-state index in [-0.39, 0.29) is 0 Å². The summed E-state index contributed by atoms with van der Waals surface area (Å²) in [5.41, 5.74) is 4.29. The second-order valence-corrected chi connectivity index (χ2v) is 6.23. The summed E-state index contributed by atoms with van der Waals surface area (Å²) in [6.07, 6.45) is 11.4. The number of nitrogens with zero attached hydrogens (tertiary/aromatic N) is 2. The number of fused-ring (bicyclic) bond motifs is 1. The Morgan fingerprint density at radius 2 is 2.38 bits per heavy atom. The summed E-state index contributed by atoms with van der Waals surface area (Å²) in [5.74, 6) is -1.18. The minimum absolute atomic E-state index is 0.416. The Labute approximate surface area is 148 Å². The van der Waals surface area contributed by atoms with Crippen molar-refractivity contribution in [3.05, 3.63) is 48.1 Å². The number of aromatic nitrogens is 2. The van der Waals surface area contributed by atoms with Gasteiger partial charge in [0.2, 0.25) is 0 Å². The summed E-state index contributed by atoms with van der Waals surface area (Å²) in [5, 5.41) is 9.48. The molecule has 1 unspecified atom stereocenters. The van der Waals surface area contributed by atoms with Crippen molar-refractivity contribution in [1.29, 1.82) is 0 Å². The number of hydrogen-bond donors (Lipinski definition) is 3. The number of thiol groups is 1. The minimum atomic E-state index is -0.761. The highest BCUT2D eigenvalue weighted by Gasteiger charge is 2.24. The van der Waals surface area contributed by atoms with Gasteiger partial charge >= 0.3 is 5.97 Å². The van der Waals surface area contributed by atoms with E-state index in [1.165, 1.54) is 5.57 Å². The van der Waals surface area contributed by atoms with Gasteiger partial charge in [-0.25, -0.2) is 4.98 Å². The SMILES string of the molecule is C=CC1=C(/C=C\C)n2cnc(CC(CCCNS)C(=O)O)c2CC1. The number of carboxylic acid groups (broad SMARTS) is 1. The van der Waals surface area contributed by atoms with E-state index in [4.69, 9.17) is 0 Å². The van der Waals surface area contributed by atoms with Crippen LogP contribution >= 0.6 is 12.8 Å². The van der Waals surface area contributed by atoms with Crippen LogP contribution in [0.1, 0.15) is 37.6 Å². The summed E-state index contributed by atoms with van der Waals surface area (Å²) in [6.45, 7) is 6.58. The summed E-state index contributed by atoms with van der Waals surface area (Å²) in [4.78, 5) is 16.1. The normalized spacial score (nSPS) is 15.6. The van der Waals surface area contributed by atoms with Crippen LogP contribution in [-0.4, -0.2) is 27.2 Å². The molecule has 0 spiro atoms. The fourth-order valence-electron chi connectivity index (χ4n) is 3.11. The first-order valence-electron chi connectivity index (χ1n) is 8.25. The Morgan fingerprint density at radius 3 is 3.00 bits per heavy atom. The van der Waals surface area contributed by atoms with E-state index in [9.17, 15) is 9.90 Å². The average molecular weight is 347 g/mol. The van der Waals surface area contributed by atoms with Crippen LogP contribution in [0.25, 0.3) is 5.70 Å². The number of allylic oxidation sites excluding steroid dienone is 5.